The van der Waals surface area contributed by atoms with E-state index in [-0.39, 0.29) is 18.3 Å². The van der Waals surface area contributed by atoms with Crippen LogP contribution in [0.2, 0.25) is 0 Å². The van der Waals surface area contributed by atoms with Crippen LogP contribution in [0.15, 0.2) is 24.7 Å². The van der Waals surface area contributed by atoms with Gasteiger partial charge >= 0.3 is 0 Å². The smallest absolute Gasteiger partial charge is 0.272 e. The SMILES string of the molecule is Cl.Cn1ccnc1CN(C(=O)c1ccn[nH]1)C1CC12CCNCC2. The summed E-state index contributed by atoms with van der Waals surface area (Å²) in [4.78, 5) is 19.3. The maximum atomic E-state index is 13.0. The van der Waals surface area contributed by atoms with E-state index < -0.39 is 0 Å². The van der Waals surface area contributed by atoms with E-state index in [1.54, 1.807) is 18.5 Å². The van der Waals surface area contributed by atoms with Crippen LogP contribution in [-0.4, -0.2) is 49.7 Å². The maximum absolute atomic E-state index is 13.0. The van der Waals surface area contributed by atoms with Crippen molar-refractivity contribution < 1.29 is 4.79 Å². The quantitative estimate of drug-likeness (QED) is 0.872. The Labute approximate surface area is 147 Å². The lowest BCUT2D eigenvalue weighted by Crippen LogP contribution is -2.39. The number of imidazole rings is 1. The second-order valence-corrected chi connectivity index (χ2v) is 6.69. The number of aromatic nitrogens is 4. The van der Waals surface area contributed by atoms with Gasteiger partial charge in [-0.25, -0.2) is 4.98 Å². The Balaban J connectivity index is 0.00000169. The molecule has 130 valence electrons. The summed E-state index contributed by atoms with van der Waals surface area (Å²) in [5.41, 5.74) is 0.849. The lowest BCUT2D eigenvalue weighted by Gasteiger charge is -2.29. The van der Waals surface area contributed by atoms with Gasteiger partial charge in [0.25, 0.3) is 5.91 Å². The van der Waals surface area contributed by atoms with Crippen LogP contribution in [-0.2, 0) is 13.6 Å². The van der Waals surface area contributed by atoms with Gasteiger partial charge in [-0.15, -0.1) is 12.4 Å². The van der Waals surface area contributed by atoms with Crippen LogP contribution in [0.3, 0.4) is 0 Å². The molecule has 2 aromatic heterocycles. The summed E-state index contributed by atoms with van der Waals surface area (Å²) < 4.78 is 1.98. The number of aryl methyl sites for hydroxylation is 1. The standard InChI is InChI=1S/C16H22N6O.ClH/c1-21-9-8-18-14(21)11-22(15(23)12-2-5-19-20-12)13-10-16(13)3-6-17-7-4-16;/h2,5,8-9,13,17H,3-4,6-7,10-11H2,1H3,(H,19,20);1H. The highest BCUT2D eigenvalue weighted by Gasteiger charge is 2.58. The molecule has 2 aliphatic rings. The van der Waals surface area contributed by atoms with E-state index in [0.29, 0.717) is 23.7 Å². The molecule has 2 N–H and O–H groups in total. The Bertz CT molecular complexity index is 691. The minimum Gasteiger partial charge on any atom is -0.337 e. The van der Waals surface area contributed by atoms with E-state index in [1.165, 1.54) is 0 Å². The molecule has 1 amide bonds. The van der Waals surface area contributed by atoms with Gasteiger partial charge in [-0.05, 0) is 43.8 Å². The zero-order valence-electron chi connectivity index (χ0n) is 13.7. The topological polar surface area (TPSA) is 78.8 Å². The Morgan fingerprint density at radius 3 is 2.83 bits per heavy atom. The molecule has 1 saturated heterocycles. The molecule has 2 fully saturated rings. The van der Waals surface area contributed by atoms with E-state index in [1.807, 2.05) is 22.7 Å². The number of nitrogens with one attached hydrogen (secondary N) is 2. The fourth-order valence-electron chi connectivity index (χ4n) is 3.78. The van der Waals surface area contributed by atoms with Gasteiger partial charge in [-0.2, -0.15) is 5.10 Å². The average molecular weight is 351 g/mol. The zero-order valence-corrected chi connectivity index (χ0v) is 14.6. The van der Waals surface area contributed by atoms with Crippen molar-refractivity contribution in [2.75, 3.05) is 13.1 Å². The lowest BCUT2D eigenvalue weighted by molar-refractivity contribution is 0.0679. The van der Waals surface area contributed by atoms with Crippen LogP contribution in [0.4, 0.5) is 0 Å². The van der Waals surface area contributed by atoms with Gasteiger partial charge in [-0.1, -0.05) is 0 Å². The summed E-state index contributed by atoms with van der Waals surface area (Å²) in [6, 6.07) is 2.04. The number of aromatic amines is 1. The lowest BCUT2D eigenvalue weighted by atomic mass is 9.93. The first-order valence-electron chi connectivity index (χ1n) is 8.17. The van der Waals surface area contributed by atoms with Crippen molar-refractivity contribution in [2.45, 2.75) is 31.8 Å². The Kier molecular flexibility index (Phi) is 4.64. The number of hydrogen-bond acceptors (Lipinski definition) is 4. The number of rotatable bonds is 4. The van der Waals surface area contributed by atoms with Crippen molar-refractivity contribution in [3.63, 3.8) is 0 Å². The predicted molar refractivity (Wildman–Crippen MR) is 91.9 cm³/mol. The second-order valence-electron chi connectivity index (χ2n) is 6.69. The van der Waals surface area contributed by atoms with Gasteiger partial charge in [-0.3, -0.25) is 9.89 Å². The molecular weight excluding hydrogens is 328 g/mol. The van der Waals surface area contributed by atoms with E-state index in [0.717, 1.165) is 38.2 Å². The molecule has 1 unspecified atom stereocenters. The van der Waals surface area contributed by atoms with Crippen molar-refractivity contribution >= 4 is 18.3 Å². The normalized spacial score (nSPS) is 21.3. The van der Waals surface area contributed by atoms with Crippen molar-refractivity contribution in [3.05, 3.63) is 36.2 Å². The van der Waals surface area contributed by atoms with Crippen molar-refractivity contribution in [1.82, 2.24) is 30.0 Å². The number of carbonyl (C=O) groups excluding carboxylic acids is 1. The zero-order chi connectivity index (χ0) is 15.9. The summed E-state index contributed by atoms with van der Waals surface area (Å²) in [6.45, 7) is 2.64. The Morgan fingerprint density at radius 2 is 2.21 bits per heavy atom. The highest BCUT2D eigenvalue weighted by molar-refractivity contribution is 5.92. The molecule has 8 heteroatoms. The number of hydrogen-bond donors (Lipinski definition) is 2. The highest BCUT2D eigenvalue weighted by Crippen LogP contribution is 2.56. The third-order valence-electron chi connectivity index (χ3n) is 5.35. The molecule has 4 rings (SSSR count). The molecule has 7 nitrogen and oxygen atoms in total. The molecule has 0 aromatic carbocycles. The number of amides is 1. The van der Waals surface area contributed by atoms with Gasteiger partial charge in [0.05, 0.1) is 6.54 Å². The molecule has 3 heterocycles. The Morgan fingerprint density at radius 1 is 1.42 bits per heavy atom. The number of piperidine rings is 1. The molecule has 2 aromatic rings. The number of H-pyrrole nitrogens is 1. The first-order valence-corrected chi connectivity index (χ1v) is 8.17. The summed E-state index contributed by atoms with van der Waals surface area (Å²) in [5.74, 6) is 0.930. The van der Waals surface area contributed by atoms with Crippen LogP contribution >= 0.6 is 12.4 Å². The van der Waals surface area contributed by atoms with Gasteiger partial charge in [0.15, 0.2) is 0 Å². The monoisotopic (exact) mass is 350 g/mol. The molecule has 0 bridgehead atoms. The molecular formula is C16H23ClN6O. The molecule has 1 atom stereocenters. The van der Waals surface area contributed by atoms with E-state index >= 15 is 0 Å². The van der Waals surface area contributed by atoms with Crippen LogP contribution < -0.4 is 5.32 Å². The Hall–Kier alpha value is -1.86. The second kappa shape index (κ2) is 6.57. The number of halogens is 1. The third kappa shape index (κ3) is 2.93. The maximum Gasteiger partial charge on any atom is 0.272 e. The minimum atomic E-state index is 0. The van der Waals surface area contributed by atoms with Crippen LogP contribution in [0.25, 0.3) is 0 Å². The summed E-state index contributed by atoms with van der Waals surface area (Å²) >= 11 is 0. The van der Waals surface area contributed by atoms with Crippen LogP contribution in [0, 0.1) is 5.41 Å². The molecule has 1 spiro atoms. The largest absolute Gasteiger partial charge is 0.337 e. The summed E-state index contributed by atoms with van der Waals surface area (Å²) in [6.07, 6.45) is 8.71. The minimum absolute atomic E-state index is 0. The highest BCUT2D eigenvalue weighted by atomic mass is 35.5. The van der Waals surface area contributed by atoms with Crippen molar-refractivity contribution in [2.24, 2.45) is 12.5 Å². The summed E-state index contributed by atoms with van der Waals surface area (Å²) in [7, 11) is 1.97. The molecule has 0 radical (unpaired) electrons. The van der Waals surface area contributed by atoms with Crippen molar-refractivity contribution in [3.8, 4) is 0 Å². The fraction of sp³-hybridized carbons (Fsp3) is 0.562. The van der Waals surface area contributed by atoms with Gasteiger partial charge in [0, 0.05) is 31.7 Å². The van der Waals surface area contributed by atoms with E-state index in [2.05, 4.69) is 20.5 Å². The fourth-order valence-corrected chi connectivity index (χ4v) is 3.78. The molecule has 1 aliphatic carbocycles. The average Bonchev–Trinajstić information content (AvgIpc) is 2.98. The van der Waals surface area contributed by atoms with Gasteiger partial charge in [0.1, 0.15) is 11.5 Å². The first kappa shape index (κ1) is 17.0. The van der Waals surface area contributed by atoms with E-state index in [9.17, 15) is 4.79 Å². The number of carbonyl (C=O) groups is 1. The summed E-state index contributed by atoms with van der Waals surface area (Å²) in [5, 5.41) is 10.1. The molecule has 1 aliphatic heterocycles. The molecule has 24 heavy (non-hydrogen) atoms. The molecule has 1 saturated carbocycles. The van der Waals surface area contributed by atoms with Gasteiger partial charge in [0.2, 0.25) is 0 Å². The third-order valence-corrected chi connectivity index (χ3v) is 5.35. The van der Waals surface area contributed by atoms with Gasteiger partial charge < -0.3 is 14.8 Å². The number of nitrogens with zero attached hydrogens (tertiary/aromatic N) is 4. The first-order chi connectivity index (χ1) is 11.2. The van der Waals surface area contributed by atoms with Crippen molar-refractivity contribution in [1.29, 1.82) is 0 Å². The van der Waals surface area contributed by atoms with Crippen LogP contribution in [0.5, 0.6) is 0 Å². The predicted octanol–water partition coefficient (Wildman–Crippen LogP) is 1.35. The van der Waals surface area contributed by atoms with E-state index in [4.69, 9.17) is 0 Å². The van der Waals surface area contributed by atoms with Crippen LogP contribution in [0.1, 0.15) is 35.6 Å².